The first-order valence-electron chi connectivity index (χ1n) is 5.76. The highest BCUT2D eigenvalue weighted by atomic mass is 35.5. The van der Waals surface area contributed by atoms with Crippen LogP contribution in [-0.2, 0) is 0 Å². The largest absolute Gasteiger partial charge is 0.395 e. The molecule has 1 fully saturated rings. The Bertz CT molecular complexity index is 519. The first kappa shape index (κ1) is 13.7. The third kappa shape index (κ3) is 2.99. The van der Waals surface area contributed by atoms with Crippen LogP contribution in [0.2, 0.25) is 5.15 Å². The van der Waals surface area contributed by atoms with Crippen molar-refractivity contribution >= 4 is 23.2 Å². The Morgan fingerprint density at radius 1 is 1.63 bits per heavy atom. The van der Waals surface area contributed by atoms with Gasteiger partial charge < -0.3 is 10.0 Å². The van der Waals surface area contributed by atoms with Crippen molar-refractivity contribution in [1.82, 2.24) is 9.88 Å². The Morgan fingerprint density at radius 3 is 2.84 bits per heavy atom. The molecule has 7 nitrogen and oxygen atoms in total. The predicted octanol–water partition coefficient (Wildman–Crippen LogP) is 1.24. The summed E-state index contributed by atoms with van der Waals surface area (Å²) in [7, 11) is 0. The van der Waals surface area contributed by atoms with E-state index in [1.165, 1.54) is 4.90 Å². The minimum absolute atomic E-state index is 0.00350. The third-order valence-electron chi connectivity index (χ3n) is 2.86. The molecule has 8 heteroatoms. The minimum atomic E-state index is -0.631. The molecule has 0 atom stereocenters. The monoisotopic (exact) mass is 285 g/mol. The van der Waals surface area contributed by atoms with Crippen molar-refractivity contribution in [3.05, 3.63) is 33.1 Å². The Morgan fingerprint density at radius 2 is 2.32 bits per heavy atom. The summed E-state index contributed by atoms with van der Waals surface area (Å²) >= 11 is 5.82. The summed E-state index contributed by atoms with van der Waals surface area (Å²) in [5.41, 5.74) is -0.288. The molecular weight excluding hydrogens is 274 g/mol. The van der Waals surface area contributed by atoms with E-state index < -0.39 is 10.8 Å². The predicted molar refractivity (Wildman–Crippen MR) is 67.0 cm³/mol. The van der Waals surface area contributed by atoms with E-state index in [4.69, 9.17) is 16.7 Å². The molecule has 0 saturated heterocycles. The molecule has 1 aliphatic carbocycles. The molecule has 102 valence electrons. The van der Waals surface area contributed by atoms with Gasteiger partial charge in [0, 0.05) is 18.7 Å². The van der Waals surface area contributed by atoms with E-state index in [2.05, 4.69) is 4.98 Å². The van der Waals surface area contributed by atoms with Crippen molar-refractivity contribution in [2.45, 2.75) is 18.9 Å². The van der Waals surface area contributed by atoms with E-state index >= 15 is 0 Å². The third-order valence-corrected chi connectivity index (χ3v) is 3.16. The van der Waals surface area contributed by atoms with Crippen LogP contribution in [0.4, 0.5) is 5.69 Å². The number of nitrogens with zero attached hydrogens (tertiary/aromatic N) is 3. The lowest BCUT2D eigenvalue weighted by Crippen LogP contribution is -2.35. The van der Waals surface area contributed by atoms with Gasteiger partial charge in [-0.15, -0.1) is 0 Å². The van der Waals surface area contributed by atoms with Crippen LogP contribution >= 0.6 is 11.6 Å². The van der Waals surface area contributed by atoms with Gasteiger partial charge >= 0.3 is 0 Å². The van der Waals surface area contributed by atoms with Crippen LogP contribution < -0.4 is 0 Å². The van der Waals surface area contributed by atoms with Crippen LogP contribution in [0.3, 0.4) is 0 Å². The zero-order chi connectivity index (χ0) is 14.0. The van der Waals surface area contributed by atoms with Gasteiger partial charge in [-0.25, -0.2) is 4.98 Å². The summed E-state index contributed by atoms with van der Waals surface area (Å²) in [6.07, 6.45) is 2.74. The number of hydrogen-bond donors (Lipinski definition) is 1. The quantitative estimate of drug-likeness (QED) is 0.499. The van der Waals surface area contributed by atoms with Crippen molar-refractivity contribution in [3.63, 3.8) is 0 Å². The van der Waals surface area contributed by atoms with Crippen molar-refractivity contribution in [2.24, 2.45) is 0 Å². The van der Waals surface area contributed by atoms with Gasteiger partial charge in [0.1, 0.15) is 11.3 Å². The van der Waals surface area contributed by atoms with E-state index in [-0.39, 0.29) is 35.6 Å². The van der Waals surface area contributed by atoms with Gasteiger partial charge in [0.05, 0.1) is 17.1 Å². The maximum absolute atomic E-state index is 12.3. The summed E-state index contributed by atoms with van der Waals surface area (Å²) < 4.78 is 0. The summed E-state index contributed by atoms with van der Waals surface area (Å²) in [6, 6.07) is 1.19. The molecule has 0 bridgehead atoms. The molecule has 0 aliphatic heterocycles. The molecule has 0 aromatic carbocycles. The minimum Gasteiger partial charge on any atom is -0.395 e. The lowest BCUT2D eigenvalue weighted by atomic mass is 10.2. The molecule has 0 spiro atoms. The van der Waals surface area contributed by atoms with Crippen LogP contribution in [0.1, 0.15) is 23.2 Å². The number of pyridine rings is 1. The molecule has 1 saturated carbocycles. The number of halogens is 1. The lowest BCUT2D eigenvalue weighted by Gasteiger charge is -2.21. The second-order valence-corrected chi connectivity index (χ2v) is 4.60. The second-order valence-electron chi connectivity index (χ2n) is 4.24. The highest BCUT2D eigenvalue weighted by Gasteiger charge is 2.34. The molecule has 0 unspecified atom stereocenters. The fourth-order valence-corrected chi connectivity index (χ4v) is 1.97. The zero-order valence-electron chi connectivity index (χ0n) is 9.95. The standard InChI is InChI=1S/C11H12ClN3O4/c12-10-9(5-8(6-13-10)15(18)19)11(17)14(3-4-16)7-1-2-7/h5-7,16H,1-4H2. The molecule has 1 aromatic rings. The molecule has 1 heterocycles. The molecule has 1 aliphatic rings. The topological polar surface area (TPSA) is 96.6 Å². The van der Waals surface area contributed by atoms with E-state index in [0.29, 0.717) is 0 Å². The maximum Gasteiger partial charge on any atom is 0.288 e. The number of aliphatic hydroxyl groups excluding tert-OH is 1. The number of carbonyl (C=O) groups is 1. The van der Waals surface area contributed by atoms with Crippen LogP contribution in [-0.4, -0.2) is 45.0 Å². The zero-order valence-corrected chi connectivity index (χ0v) is 10.7. The van der Waals surface area contributed by atoms with Gasteiger partial charge in [0.15, 0.2) is 0 Å². The number of carbonyl (C=O) groups excluding carboxylic acids is 1. The van der Waals surface area contributed by atoms with Crippen LogP contribution in [0.25, 0.3) is 0 Å². The van der Waals surface area contributed by atoms with E-state index in [1.54, 1.807) is 0 Å². The Kier molecular flexibility index (Phi) is 3.96. The summed E-state index contributed by atoms with van der Waals surface area (Å²) in [5.74, 6) is -0.433. The smallest absolute Gasteiger partial charge is 0.288 e. The summed E-state index contributed by atoms with van der Waals surface area (Å²) in [4.78, 5) is 27.5. The molecular formula is C11H12ClN3O4. The van der Waals surface area contributed by atoms with Gasteiger partial charge in [0.25, 0.3) is 11.6 Å². The molecule has 2 rings (SSSR count). The van der Waals surface area contributed by atoms with Crippen molar-refractivity contribution in [2.75, 3.05) is 13.2 Å². The van der Waals surface area contributed by atoms with Gasteiger partial charge in [0.2, 0.25) is 0 Å². The Labute approximate surface area is 114 Å². The highest BCUT2D eigenvalue weighted by molar-refractivity contribution is 6.32. The Balaban J connectivity index is 2.30. The van der Waals surface area contributed by atoms with Crippen LogP contribution in [0, 0.1) is 10.1 Å². The number of amides is 1. The van der Waals surface area contributed by atoms with Crippen LogP contribution in [0.15, 0.2) is 12.3 Å². The van der Waals surface area contributed by atoms with Crippen molar-refractivity contribution in [1.29, 1.82) is 0 Å². The summed E-state index contributed by atoms with van der Waals surface area (Å²) in [5, 5.41) is 19.6. The van der Waals surface area contributed by atoms with Crippen molar-refractivity contribution < 1.29 is 14.8 Å². The molecule has 19 heavy (non-hydrogen) atoms. The van der Waals surface area contributed by atoms with Gasteiger partial charge in [-0.2, -0.15) is 0 Å². The normalized spacial score (nSPS) is 14.2. The van der Waals surface area contributed by atoms with Gasteiger partial charge in [-0.05, 0) is 12.8 Å². The van der Waals surface area contributed by atoms with Crippen molar-refractivity contribution in [3.8, 4) is 0 Å². The SMILES string of the molecule is O=C(c1cc([N+](=O)[O-])cnc1Cl)N(CCO)C1CC1. The first-order valence-corrected chi connectivity index (χ1v) is 6.14. The number of hydrogen-bond acceptors (Lipinski definition) is 5. The lowest BCUT2D eigenvalue weighted by molar-refractivity contribution is -0.385. The van der Waals surface area contributed by atoms with Crippen LogP contribution in [0.5, 0.6) is 0 Å². The molecule has 1 aromatic heterocycles. The average Bonchev–Trinajstić information content (AvgIpc) is 3.19. The van der Waals surface area contributed by atoms with Gasteiger partial charge in [-0.3, -0.25) is 14.9 Å². The number of nitro groups is 1. The second kappa shape index (κ2) is 5.50. The van der Waals surface area contributed by atoms with Gasteiger partial charge in [-0.1, -0.05) is 11.6 Å². The molecule has 0 radical (unpaired) electrons. The first-order chi connectivity index (χ1) is 9.04. The maximum atomic E-state index is 12.3. The summed E-state index contributed by atoms with van der Waals surface area (Å²) in [6.45, 7) is 0.0186. The fourth-order valence-electron chi connectivity index (χ4n) is 1.79. The highest BCUT2D eigenvalue weighted by Crippen LogP contribution is 2.29. The Hall–Kier alpha value is -1.73. The van der Waals surface area contributed by atoms with E-state index in [9.17, 15) is 14.9 Å². The van der Waals surface area contributed by atoms with E-state index in [0.717, 1.165) is 25.1 Å². The number of rotatable bonds is 5. The number of aromatic nitrogens is 1. The fraction of sp³-hybridized carbons (Fsp3) is 0.455. The van der Waals surface area contributed by atoms with E-state index in [1.807, 2.05) is 0 Å². The molecule has 1 N–H and O–H groups in total. The average molecular weight is 286 g/mol. The number of aliphatic hydroxyl groups is 1. The molecule has 1 amide bonds.